The minimum Gasteiger partial charge on any atom is -0.495 e. The topological polar surface area (TPSA) is 63.8 Å². The summed E-state index contributed by atoms with van der Waals surface area (Å²) in [5.74, 6) is -0.224. The molecule has 0 spiro atoms. The largest absolute Gasteiger partial charge is 0.495 e. The lowest BCUT2D eigenvalue weighted by molar-refractivity contribution is 0.0697. The van der Waals surface area contributed by atoms with Crippen molar-refractivity contribution in [3.63, 3.8) is 0 Å². The van der Waals surface area contributed by atoms with Crippen molar-refractivity contribution in [2.75, 3.05) is 7.11 Å². The monoisotopic (exact) mass is 382 g/mol. The molecule has 0 atom stereocenters. The fraction of sp³-hybridized carbons (Fsp3) is 0.143. The van der Waals surface area contributed by atoms with Crippen molar-refractivity contribution in [1.82, 2.24) is 4.57 Å². The lowest BCUT2D eigenvalue weighted by atomic mass is 10.2. The van der Waals surface area contributed by atoms with Gasteiger partial charge >= 0.3 is 5.97 Å². The van der Waals surface area contributed by atoms with Crippen molar-refractivity contribution < 1.29 is 14.6 Å². The summed E-state index contributed by atoms with van der Waals surface area (Å²) in [5, 5.41) is 9.59. The molecule has 1 aromatic heterocycles. The molecule has 0 unspecified atom stereocenters. The van der Waals surface area contributed by atoms with E-state index in [-0.39, 0.29) is 5.56 Å². The molecule has 3 rings (SSSR count). The van der Waals surface area contributed by atoms with Gasteiger partial charge < -0.3 is 14.4 Å². The average molecular weight is 383 g/mol. The standard InChI is InChI=1S/C21H19ClN2O3/c1-13-10-16(12-23-18-7-4-15(5-8-18)21(25)26)14(2)24(13)19-11-17(22)6-9-20(19)27-3/h4-12H,1-3H3,(H,25,26). The molecule has 0 saturated carbocycles. The van der Waals surface area contributed by atoms with Gasteiger partial charge in [0.05, 0.1) is 24.0 Å². The molecule has 0 radical (unpaired) electrons. The number of aromatic nitrogens is 1. The number of hydrogen-bond donors (Lipinski definition) is 1. The summed E-state index contributed by atoms with van der Waals surface area (Å²) in [5.41, 5.74) is 4.77. The highest BCUT2D eigenvalue weighted by Gasteiger charge is 2.14. The Morgan fingerprint density at radius 1 is 1.15 bits per heavy atom. The van der Waals surface area contributed by atoms with Gasteiger partial charge in [0, 0.05) is 28.2 Å². The molecule has 0 aliphatic carbocycles. The van der Waals surface area contributed by atoms with Gasteiger partial charge in [0.25, 0.3) is 0 Å². The van der Waals surface area contributed by atoms with E-state index in [0.717, 1.165) is 28.4 Å². The van der Waals surface area contributed by atoms with Crippen LogP contribution >= 0.6 is 11.6 Å². The zero-order valence-corrected chi connectivity index (χ0v) is 16.0. The Hall–Kier alpha value is -3.05. The van der Waals surface area contributed by atoms with Gasteiger partial charge in [-0.1, -0.05) is 11.6 Å². The maximum absolute atomic E-state index is 10.9. The molecule has 27 heavy (non-hydrogen) atoms. The summed E-state index contributed by atoms with van der Waals surface area (Å²) in [6, 6.07) is 14.0. The van der Waals surface area contributed by atoms with E-state index in [9.17, 15) is 4.79 Å². The smallest absolute Gasteiger partial charge is 0.335 e. The highest BCUT2D eigenvalue weighted by molar-refractivity contribution is 6.30. The van der Waals surface area contributed by atoms with E-state index in [1.807, 2.05) is 32.0 Å². The van der Waals surface area contributed by atoms with Crippen LogP contribution in [0.1, 0.15) is 27.3 Å². The maximum Gasteiger partial charge on any atom is 0.335 e. The number of halogens is 1. The first kappa shape index (κ1) is 18.7. The zero-order chi connectivity index (χ0) is 19.6. The van der Waals surface area contributed by atoms with Crippen LogP contribution in [0.4, 0.5) is 5.69 Å². The van der Waals surface area contributed by atoms with Crippen LogP contribution < -0.4 is 4.74 Å². The number of carboxylic acid groups (broad SMARTS) is 1. The molecule has 2 aromatic carbocycles. The van der Waals surface area contributed by atoms with Crippen molar-refractivity contribution in [2.24, 2.45) is 4.99 Å². The number of methoxy groups -OCH3 is 1. The second-order valence-corrected chi connectivity index (χ2v) is 6.52. The molecule has 0 saturated heterocycles. The molecule has 1 heterocycles. The van der Waals surface area contributed by atoms with Crippen LogP contribution in [0.15, 0.2) is 53.5 Å². The van der Waals surface area contributed by atoms with Crippen LogP contribution in [-0.2, 0) is 0 Å². The molecule has 0 aliphatic heterocycles. The SMILES string of the molecule is COc1ccc(Cl)cc1-n1c(C)cc(C=Nc2ccc(C(=O)O)cc2)c1C. The predicted octanol–water partition coefficient (Wildman–Crippen LogP) is 5.20. The fourth-order valence-electron chi connectivity index (χ4n) is 2.96. The van der Waals surface area contributed by atoms with Gasteiger partial charge in [0.15, 0.2) is 0 Å². The first-order chi connectivity index (χ1) is 12.9. The number of benzene rings is 2. The van der Waals surface area contributed by atoms with Gasteiger partial charge in [-0.05, 0) is 62.4 Å². The zero-order valence-electron chi connectivity index (χ0n) is 15.2. The highest BCUT2D eigenvalue weighted by Crippen LogP contribution is 2.30. The number of carboxylic acids is 1. The Kier molecular flexibility index (Phi) is 5.33. The number of nitrogens with zero attached hydrogens (tertiary/aromatic N) is 2. The number of hydrogen-bond acceptors (Lipinski definition) is 3. The number of aromatic carboxylic acids is 1. The van der Waals surface area contributed by atoms with E-state index >= 15 is 0 Å². The first-order valence-electron chi connectivity index (χ1n) is 8.31. The molecule has 0 aliphatic rings. The predicted molar refractivity (Wildman–Crippen MR) is 107 cm³/mol. The molecular formula is C21H19ClN2O3. The number of carbonyl (C=O) groups is 1. The summed E-state index contributed by atoms with van der Waals surface area (Å²) >= 11 is 6.17. The Morgan fingerprint density at radius 3 is 2.48 bits per heavy atom. The molecule has 0 bridgehead atoms. The molecule has 6 heteroatoms. The van der Waals surface area contributed by atoms with Crippen molar-refractivity contribution >= 4 is 29.5 Å². The average Bonchev–Trinajstić information content (AvgIpc) is 2.93. The summed E-state index contributed by atoms with van der Waals surface area (Å²) < 4.78 is 7.54. The van der Waals surface area contributed by atoms with Crippen LogP contribution in [0.3, 0.4) is 0 Å². The third-order valence-electron chi connectivity index (χ3n) is 4.32. The first-order valence-corrected chi connectivity index (χ1v) is 8.69. The second-order valence-electron chi connectivity index (χ2n) is 6.09. The van der Waals surface area contributed by atoms with Crippen LogP contribution in [0.2, 0.25) is 5.02 Å². The van der Waals surface area contributed by atoms with Gasteiger partial charge in [0.1, 0.15) is 5.75 Å². The summed E-state index contributed by atoms with van der Waals surface area (Å²) in [7, 11) is 1.63. The van der Waals surface area contributed by atoms with Crippen LogP contribution in [0, 0.1) is 13.8 Å². The summed E-state index contributed by atoms with van der Waals surface area (Å²) in [6.45, 7) is 4.01. The normalized spacial score (nSPS) is 11.1. The molecule has 138 valence electrons. The molecular weight excluding hydrogens is 364 g/mol. The van der Waals surface area contributed by atoms with Gasteiger partial charge in [-0.25, -0.2) is 4.79 Å². The van der Waals surface area contributed by atoms with E-state index in [2.05, 4.69) is 9.56 Å². The second kappa shape index (κ2) is 7.68. The van der Waals surface area contributed by atoms with Crippen LogP contribution in [0.5, 0.6) is 5.75 Å². The quantitative estimate of drug-likeness (QED) is 0.616. The number of aliphatic imine (C=N–C) groups is 1. The maximum atomic E-state index is 10.9. The van der Waals surface area contributed by atoms with Gasteiger partial charge in [-0.3, -0.25) is 4.99 Å². The van der Waals surface area contributed by atoms with Crippen LogP contribution in [0.25, 0.3) is 5.69 Å². The lowest BCUT2D eigenvalue weighted by Gasteiger charge is -2.14. The van der Waals surface area contributed by atoms with E-state index < -0.39 is 5.97 Å². The number of aryl methyl sites for hydroxylation is 1. The van der Waals surface area contributed by atoms with E-state index in [1.54, 1.807) is 31.5 Å². The Bertz CT molecular complexity index is 1020. The molecule has 5 nitrogen and oxygen atoms in total. The van der Waals surface area contributed by atoms with Gasteiger partial charge in [0.2, 0.25) is 0 Å². The molecule has 3 aromatic rings. The van der Waals surface area contributed by atoms with Crippen molar-refractivity contribution in [1.29, 1.82) is 0 Å². The summed E-state index contributed by atoms with van der Waals surface area (Å²) in [4.78, 5) is 15.4. The van der Waals surface area contributed by atoms with E-state index in [1.165, 1.54) is 12.1 Å². The van der Waals surface area contributed by atoms with Crippen LogP contribution in [-0.4, -0.2) is 29.0 Å². The fourth-order valence-corrected chi connectivity index (χ4v) is 3.13. The molecule has 0 amide bonds. The third-order valence-corrected chi connectivity index (χ3v) is 4.55. The van der Waals surface area contributed by atoms with Crippen molar-refractivity contribution in [3.8, 4) is 11.4 Å². The Balaban J connectivity index is 1.97. The van der Waals surface area contributed by atoms with Gasteiger partial charge in [-0.15, -0.1) is 0 Å². The van der Waals surface area contributed by atoms with Crippen molar-refractivity contribution in [2.45, 2.75) is 13.8 Å². The Morgan fingerprint density at radius 2 is 1.85 bits per heavy atom. The lowest BCUT2D eigenvalue weighted by Crippen LogP contribution is -2.02. The minimum atomic E-state index is -0.954. The van der Waals surface area contributed by atoms with Gasteiger partial charge in [-0.2, -0.15) is 0 Å². The third kappa shape index (κ3) is 3.88. The molecule has 0 fully saturated rings. The van der Waals surface area contributed by atoms with Crippen molar-refractivity contribution in [3.05, 3.63) is 76.1 Å². The highest BCUT2D eigenvalue weighted by atomic mass is 35.5. The van der Waals surface area contributed by atoms with E-state index in [0.29, 0.717) is 10.7 Å². The number of rotatable bonds is 5. The Labute approximate surface area is 162 Å². The number of ether oxygens (including phenoxy) is 1. The minimum absolute atomic E-state index is 0.236. The molecule has 1 N–H and O–H groups in total. The summed E-state index contributed by atoms with van der Waals surface area (Å²) in [6.07, 6.45) is 1.77. The van der Waals surface area contributed by atoms with E-state index in [4.69, 9.17) is 21.4 Å².